The molecule has 0 atom stereocenters. The molecule has 1 N–H and O–H groups in total. The monoisotopic (exact) mass is 293 g/mol. The van der Waals surface area contributed by atoms with Gasteiger partial charge in [-0.3, -0.25) is 0 Å². The molecule has 0 fully saturated rings. The van der Waals surface area contributed by atoms with Crippen LogP contribution in [0.2, 0.25) is 0 Å². The van der Waals surface area contributed by atoms with Crippen LogP contribution in [-0.2, 0) is 11.3 Å². The van der Waals surface area contributed by atoms with Gasteiger partial charge in [-0.2, -0.15) is 0 Å². The van der Waals surface area contributed by atoms with Crippen molar-refractivity contribution < 1.29 is 13.5 Å². The molecule has 2 rings (SSSR count). The van der Waals surface area contributed by atoms with Crippen molar-refractivity contribution in [2.45, 2.75) is 20.0 Å². The Balaban J connectivity index is 2.43. The summed E-state index contributed by atoms with van der Waals surface area (Å²) in [5, 5.41) is 3.10. The summed E-state index contributed by atoms with van der Waals surface area (Å²) in [6.07, 6.45) is -2.51. The number of methoxy groups -OCH3 is 1. The number of anilines is 1. The highest BCUT2D eigenvalue weighted by Gasteiger charge is 2.11. The molecule has 0 aliphatic heterocycles. The van der Waals surface area contributed by atoms with Crippen molar-refractivity contribution in [2.24, 2.45) is 0 Å². The van der Waals surface area contributed by atoms with Crippen LogP contribution < -0.4 is 5.32 Å². The van der Waals surface area contributed by atoms with E-state index in [2.05, 4.69) is 15.3 Å². The minimum Gasteiger partial charge on any atom is -0.378 e. The van der Waals surface area contributed by atoms with Crippen molar-refractivity contribution in [3.8, 4) is 11.4 Å². The highest BCUT2D eigenvalue weighted by Crippen LogP contribution is 2.24. The maximum atomic E-state index is 12.8. The molecule has 21 heavy (non-hydrogen) atoms. The minimum atomic E-state index is -2.51. The number of hydrogen-bond donors (Lipinski definition) is 1. The standard InChI is InChI=1S/C15H17F2N3O/c1-3-18-13-8-12(9-21-2)19-15(20-13)11-6-4-5-10(7-11)14(16)17/h4-8,14H,3,9H2,1-2H3,(H,18,19,20). The number of rotatable bonds is 6. The smallest absolute Gasteiger partial charge is 0.263 e. The molecule has 0 radical (unpaired) electrons. The zero-order chi connectivity index (χ0) is 15.2. The molecule has 0 bridgehead atoms. The summed E-state index contributed by atoms with van der Waals surface area (Å²) >= 11 is 0. The van der Waals surface area contributed by atoms with Gasteiger partial charge in [0.2, 0.25) is 0 Å². The molecule has 6 heteroatoms. The lowest BCUT2D eigenvalue weighted by atomic mass is 10.1. The Kier molecular flexibility index (Phi) is 5.16. The molecule has 1 aromatic carbocycles. The Bertz CT molecular complexity index is 581. The maximum absolute atomic E-state index is 12.8. The van der Waals surface area contributed by atoms with E-state index in [9.17, 15) is 8.78 Å². The lowest BCUT2D eigenvalue weighted by Gasteiger charge is -2.09. The number of nitrogens with one attached hydrogen (secondary N) is 1. The molecular formula is C15H17F2N3O. The van der Waals surface area contributed by atoms with Crippen LogP contribution in [0.3, 0.4) is 0 Å². The fourth-order valence-electron chi connectivity index (χ4n) is 1.93. The van der Waals surface area contributed by atoms with Crippen molar-refractivity contribution in [2.75, 3.05) is 19.0 Å². The molecule has 2 aromatic rings. The lowest BCUT2D eigenvalue weighted by molar-refractivity contribution is 0.151. The highest BCUT2D eigenvalue weighted by atomic mass is 19.3. The van der Waals surface area contributed by atoms with Crippen LogP contribution in [0.25, 0.3) is 11.4 Å². The van der Waals surface area contributed by atoms with Gasteiger partial charge >= 0.3 is 0 Å². The molecular weight excluding hydrogens is 276 g/mol. The fourth-order valence-corrected chi connectivity index (χ4v) is 1.93. The summed E-state index contributed by atoms with van der Waals surface area (Å²) in [7, 11) is 1.58. The van der Waals surface area contributed by atoms with Gasteiger partial charge in [-0.1, -0.05) is 18.2 Å². The molecule has 0 spiro atoms. The molecule has 4 nitrogen and oxygen atoms in total. The van der Waals surface area contributed by atoms with Gasteiger partial charge in [0.05, 0.1) is 12.3 Å². The molecule has 0 saturated heterocycles. The van der Waals surface area contributed by atoms with E-state index in [1.54, 1.807) is 25.3 Å². The third-order valence-corrected chi connectivity index (χ3v) is 2.83. The predicted molar refractivity (Wildman–Crippen MR) is 77.3 cm³/mol. The van der Waals surface area contributed by atoms with Gasteiger partial charge in [-0.15, -0.1) is 0 Å². The first-order chi connectivity index (χ1) is 10.1. The van der Waals surface area contributed by atoms with Crippen LogP contribution in [-0.4, -0.2) is 23.6 Å². The first kappa shape index (κ1) is 15.3. The Morgan fingerprint density at radius 3 is 2.71 bits per heavy atom. The van der Waals surface area contributed by atoms with Crippen LogP contribution in [0.1, 0.15) is 24.6 Å². The van der Waals surface area contributed by atoms with Gasteiger partial charge in [0.25, 0.3) is 6.43 Å². The summed E-state index contributed by atoms with van der Waals surface area (Å²) in [6, 6.07) is 7.88. The lowest BCUT2D eigenvalue weighted by Crippen LogP contribution is -2.05. The van der Waals surface area contributed by atoms with Crippen molar-refractivity contribution >= 4 is 5.82 Å². The van der Waals surface area contributed by atoms with E-state index in [-0.39, 0.29) is 5.56 Å². The number of alkyl halides is 2. The van der Waals surface area contributed by atoms with E-state index in [0.717, 1.165) is 0 Å². The average Bonchev–Trinajstić information content (AvgIpc) is 2.48. The molecule has 0 unspecified atom stereocenters. The summed E-state index contributed by atoms with van der Waals surface area (Å²) < 4.78 is 30.7. The van der Waals surface area contributed by atoms with Crippen molar-refractivity contribution in [3.63, 3.8) is 0 Å². The second kappa shape index (κ2) is 7.08. The Hall–Kier alpha value is -2.08. The topological polar surface area (TPSA) is 47.0 Å². The average molecular weight is 293 g/mol. The fraction of sp³-hybridized carbons (Fsp3) is 0.333. The summed E-state index contributed by atoms with van der Waals surface area (Å²) in [6.45, 7) is 3.00. The van der Waals surface area contributed by atoms with E-state index in [0.29, 0.717) is 36.1 Å². The molecule has 0 amide bonds. The molecule has 112 valence electrons. The molecule has 1 heterocycles. The van der Waals surface area contributed by atoms with Gasteiger partial charge in [0.1, 0.15) is 5.82 Å². The number of aromatic nitrogens is 2. The van der Waals surface area contributed by atoms with Crippen LogP contribution in [0.5, 0.6) is 0 Å². The molecule has 0 aliphatic carbocycles. The largest absolute Gasteiger partial charge is 0.378 e. The summed E-state index contributed by atoms with van der Waals surface area (Å²) in [5.41, 5.74) is 1.21. The van der Waals surface area contributed by atoms with E-state index in [4.69, 9.17) is 4.74 Å². The van der Waals surface area contributed by atoms with E-state index >= 15 is 0 Å². The number of nitrogens with zero attached hydrogens (tertiary/aromatic N) is 2. The van der Waals surface area contributed by atoms with Crippen molar-refractivity contribution in [1.29, 1.82) is 0 Å². The normalized spacial score (nSPS) is 10.9. The van der Waals surface area contributed by atoms with Crippen LogP contribution in [0.15, 0.2) is 30.3 Å². The zero-order valence-electron chi connectivity index (χ0n) is 11.9. The SMILES string of the molecule is CCNc1cc(COC)nc(-c2cccc(C(F)F)c2)n1. The second-order valence-corrected chi connectivity index (χ2v) is 4.46. The van der Waals surface area contributed by atoms with Crippen molar-refractivity contribution in [3.05, 3.63) is 41.6 Å². The van der Waals surface area contributed by atoms with Crippen LogP contribution in [0.4, 0.5) is 14.6 Å². The van der Waals surface area contributed by atoms with Crippen LogP contribution in [0, 0.1) is 0 Å². The minimum absolute atomic E-state index is 0.0433. The van der Waals surface area contributed by atoms with Gasteiger partial charge in [0, 0.05) is 30.8 Å². The first-order valence-corrected chi connectivity index (χ1v) is 6.63. The van der Waals surface area contributed by atoms with Crippen LogP contribution >= 0.6 is 0 Å². The first-order valence-electron chi connectivity index (χ1n) is 6.63. The Morgan fingerprint density at radius 1 is 1.24 bits per heavy atom. The molecule has 0 saturated carbocycles. The number of ether oxygens (including phenoxy) is 1. The van der Waals surface area contributed by atoms with E-state index < -0.39 is 6.43 Å². The maximum Gasteiger partial charge on any atom is 0.263 e. The quantitative estimate of drug-likeness (QED) is 0.883. The summed E-state index contributed by atoms with van der Waals surface area (Å²) in [5.74, 6) is 1.06. The number of benzene rings is 1. The van der Waals surface area contributed by atoms with Gasteiger partial charge in [0.15, 0.2) is 5.82 Å². The summed E-state index contributed by atoms with van der Waals surface area (Å²) in [4.78, 5) is 8.71. The van der Waals surface area contributed by atoms with Gasteiger partial charge in [-0.25, -0.2) is 18.7 Å². The Morgan fingerprint density at radius 2 is 2.05 bits per heavy atom. The second-order valence-electron chi connectivity index (χ2n) is 4.46. The van der Waals surface area contributed by atoms with E-state index in [1.807, 2.05) is 6.92 Å². The van der Waals surface area contributed by atoms with Crippen molar-refractivity contribution in [1.82, 2.24) is 9.97 Å². The van der Waals surface area contributed by atoms with E-state index in [1.165, 1.54) is 12.1 Å². The molecule has 1 aromatic heterocycles. The highest BCUT2D eigenvalue weighted by molar-refractivity contribution is 5.58. The third-order valence-electron chi connectivity index (χ3n) is 2.83. The molecule has 0 aliphatic rings. The number of halogens is 2. The Labute approximate surface area is 122 Å². The van der Waals surface area contributed by atoms with Gasteiger partial charge in [-0.05, 0) is 13.0 Å². The number of hydrogen-bond acceptors (Lipinski definition) is 4. The third kappa shape index (κ3) is 3.95. The predicted octanol–water partition coefficient (Wildman–Crippen LogP) is 3.66. The zero-order valence-corrected chi connectivity index (χ0v) is 11.9. The van der Waals surface area contributed by atoms with Gasteiger partial charge < -0.3 is 10.1 Å².